The molecule has 0 unspecified atom stereocenters. The van der Waals surface area contributed by atoms with Crippen molar-refractivity contribution in [3.8, 4) is 0 Å². The number of carbonyl (C=O) groups is 1. The molecule has 1 rings (SSSR count). The first kappa shape index (κ1) is 13.2. The Balaban J connectivity index is 2.26. The van der Waals surface area contributed by atoms with Crippen molar-refractivity contribution in [3.63, 3.8) is 0 Å². The summed E-state index contributed by atoms with van der Waals surface area (Å²) in [6.45, 7) is 5.85. The van der Waals surface area contributed by atoms with Gasteiger partial charge in [-0.3, -0.25) is 0 Å². The van der Waals surface area contributed by atoms with E-state index < -0.39 is 0 Å². The van der Waals surface area contributed by atoms with Gasteiger partial charge in [-0.25, -0.2) is 4.79 Å². The van der Waals surface area contributed by atoms with E-state index >= 15 is 0 Å². The molecule has 0 atom stereocenters. The molecule has 16 heavy (non-hydrogen) atoms. The summed E-state index contributed by atoms with van der Waals surface area (Å²) in [4.78, 5) is 11.5. The van der Waals surface area contributed by atoms with Crippen LogP contribution in [-0.2, 0) is 9.53 Å². The number of ether oxygens (including phenoxy) is 1. The van der Waals surface area contributed by atoms with E-state index in [1.165, 1.54) is 0 Å². The Hall–Kier alpha value is -0.830. The summed E-state index contributed by atoms with van der Waals surface area (Å²) in [5.41, 5.74) is 0.553. The number of hydrogen-bond donors (Lipinski definition) is 1. The number of carbonyl (C=O) groups excluding carboxylic acids is 1. The molecule has 3 heteroatoms. The topological polar surface area (TPSA) is 46.5 Å². The Labute approximate surface area is 97.5 Å². The van der Waals surface area contributed by atoms with E-state index in [0.29, 0.717) is 17.9 Å². The predicted molar refractivity (Wildman–Crippen MR) is 63.0 cm³/mol. The van der Waals surface area contributed by atoms with Crippen molar-refractivity contribution < 1.29 is 14.6 Å². The van der Waals surface area contributed by atoms with Gasteiger partial charge in [0.2, 0.25) is 0 Å². The molecule has 0 radical (unpaired) electrons. The van der Waals surface area contributed by atoms with Gasteiger partial charge in [0.1, 0.15) is 6.10 Å². The smallest absolute Gasteiger partial charge is 0.333 e. The Kier molecular flexibility index (Phi) is 5.53. The van der Waals surface area contributed by atoms with Gasteiger partial charge in [0.05, 0.1) is 0 Å². The molecule has 0 amide bonds. The lowest BCUT2D eigenvalue weighted by Crippen LogP contribution is -2.25. The minimum Gasteiger partial charge on any atom is -0.459 e. The molecule has 1 saturated carbocycles. The largest absolute Gasteiger partial charge is 0.459 e. The second-order valence-electron chi connectivity index (χ2n) is 4.52. The van der Waals surface area contributed by atoms with Crippen LogP contribution in [0.5, 0.6) is 0 Å². The molecule has 0 aromatic rings. The molecule has 0 saturated heterocycles. The average Bonchev–Trinajstić information content (AvgIpc) is 2.31. The van der Waals surface area contributed by atoms with Crippen molar-refractivity contribution in [2.75, 3.05) is 6.61 Å². The third kappa shape index (κ3) is 3.97. The maximum Gasteiger partial charge on any atom is 0.333 e. The highest BCUT2D eigenvalue weighted by Gasteiger charge is 2.23. The molecule has 1 aliphatic carbocycles. The minimum atomic E-state index is -0.242. The minimum absolute atomic E-state index is 0.0609. The van der Waals surface area contributed by atoms with Crippen LogP contribution in [0.1, 0.15) is 45.4 Å². The summed E-state index contributed by atoms with van der Waals surface area (Å²) in [6, 6.07) is 0. The van der Waals surface area contributed by atoms with E-state index in [1.807, 2.05) is 6.92 Å². The summed E-state index contributed by atoms with van der Waals surface area (Å²) < 4.78 is 5.37. The van der Waals surface area contributed by atoms with Crippen molar-refractivity contribution in [3.05, 3.63) is 12.2 Å². The highest BCUT2D eigenvalue weighted by atomic mass is 16.5. The Morgan fingerprint density at radius 2 is 2.00 bits per heavy atom. The fourth-order valence-electron chi connectivity index (χ4n) is 2.10. The zero-order valence-electron chi connectivity index (χ0n) is 10.1. The van der Waals surface area contributed by atoms with E-state index in [-0.39, 0.29) is 18.7 Å². The molecule has 1 fully saturated rings. The first-order valence-electron chi connectivity index (χ1n) is 6.17. The van der Waals surface area contributed by atoms with Crippen molar-refractivity contribution in [2.45, 2.75) is 51.6 Å². The highest BCUT2D eigenvalue weighted by molar-refractivity contribution is 5.87. The SMILES string of the molecule is C=C(CC)C(=O)OC1CCC(CCO)CC1. The first-order valence-corrected chi connectivity index (χ1v) is 6.17. The molecule has 92 valence electrons. The van der Waals surface area contributed by atoms with Crippen LogP contribution in [0.4, 0.5) is 0 Å². The summed E-state index contributed by atoms with van der Waals surface area (Å²) in [6.07, 6.45) is 5.54. The number of hydrogen-bond acceptors (Lipinski definition) is 3. The van der Waals surface area contributed by atoms with E-state index in [0.717, 1.165) is 32.1 Å². The van der Waals surface area contributed by atoms with Crippen LogP contribution < -0.4 is 0 Å². The maximum absolute atomic E-state index is 11.5. The molecule has 0 aromatic carbocycles. The van der Waals surface area contributed by atoms with E-state index in [2.05, 4.69) is 6.58 Å². The van der Waals surface area contributed by atoms with Gasteiger partial charge in [0, 0.05) is 12.2 Å². The van der Waals surface area contributed by atoms with Gasteiger partial charge in [0.15, 0.2) is 0 Å². The quantitative estimate of drug-likeness (QED) is 0.578. The van der Waals surface area contributed by atoms with E-state index in [9.17, 15) is 4.79 Å². The molecular weight excluding hydrogens is 204 g/mol. The molecule has 0 aromatic heterocycles. The number of aliphatic hydroxyl groups excluding tert-OH is 1. The van der Waals surface area contributed by atoms with Crippen molar-refractivity contribution in [1.82, 2.24) is 0 Å². The lowest BCUT2D eigenvalue weighted by atomic mass is 9.85. The standard InChI is InChI=1S/C13H22O3/c1-3-10(2)13(15)16-12-6-4-11(5-7-12)8-9-14/h11-12,14H,2-9H2,1H3. The first-order chi connectivity index (χ1) is 7.67. The molecular formula is C13H22O3. The normalized spacial score (nSPS) is 25.1. The van der Waals surface area contributed by atoms with Crippen LogP contribution >= 0.6 is 0 Å². The zero-order chi connectivity index (χ0) is 12.0. The van der Waals surface area contributed by atoms with Gasteiger partial charge in [-0.1, -0.05) is 13.5 Å². The van der Waals surface area contributed by atoms with Crippen LogP contribution in [0.15, 0.2) is 12.2 Å². The number of rotatable bonds is 5. The predicted octanol–water partition coefficient (Wildman–Crippen LogP) is 2.44. The Morgan fingerprint density at radius 1 is 1.38 bits per heavy atom. The van der Waals surface area contributed by atoms with Crippen LogP contribution in [-0.4, -0.2) is 23.8 Å². The molecule has 1 N–H and O–H groups in total. The highest BCUT2D eigenvalue weighted by Crippen LogP contribution is 2.28. The third-order valence-electron chi connectivity index (χ3n) is 3.32. The van der Waals surface area contributed by atoms with Crippen molar-refractivity contribution in [2.24, 2.45) is 5.92 Å². The lowest BCUT2D eigenvalue weighted by molar-refractivity contribution is -0.146. The maximum atomic E-state index is 11.5. The monoisotopic (exact) mass is 226 g/mol. The molecule has 1 aliphatic rings. The van der Waals surface area contributed by atoms with Crippen LogP contribution in [0.2, 0.25) is 0 Å². The lowest BCUT2D eigenvalue weighted by Gasteiger charge is -2.28. The third-order valence-corrected chi connectivity index (χ3v) is 3.32. The van der Waals surface area contributed by atoms with E-state index in [4.69, 9.17) is 9.84 Å². The van der Waals surface area contributed by atoms with Gasteiger partial charge in [-0.15, -0.1) is 0 Å². The van der Waals surface area contributed by atoms with Crippen LogP contribution in [0.3, 0.4) is 0 Å². The number of esters is 1. The molecule has 0 heterocycles. The molecule has 0 bridgehead atoms. The number of aliphatic hydroxyl groups is 1. The van der Waals surface area contributed by atoms with Gasteiger partial charge < -0.3 is 9.84 Å². The fraction of sp³-hybridized carbons (Fsp3) is 0.769. The second-order valence-corrected chi connectivity index (χ2v) is 4.52. The Morgan fingerprint density at radius 3 is 2.50 bits per heavy atom. The van der Waals surface area contributed by atoms with Crippen LogP contribution in [0, 0.1) is 5.92 Å². The van der Waals surface area contributed by atoms with Crippen molar-refractivity contribution in [1.29, 1.82) is 0 Å². The van der Waals surface area contributed by atoms with Crippen molar-refractivity contribution >= 4 is 5.97 Å². The summed E-state index contributed by atoms with van der Waals surface area (Å²) in [7, 11) is 0. The van der Waals surface area contributed by atoms with Gasteiger partial charge in [-0.2, -0.15) is 0 Å². The van der Waals surface area contributed by atoms with Crippen LogP contribution in [0.25, 0.3) is 0 Å². The zero-order valence-corrected chi connectivity index (χ0v) is 10.1. The average molecular weight is 226 g/mol. The van der Waals surface area contributed by atoms with E-state index in [1.54, 1.807) is 0 Å². The second kappa shape index (κ2) is 6.69. The fourth-order valence-corrected chi connectivity index (χ4v) is 2.10. The van der Waals surface area contributed by atoms with Gasteiger partial charge >= 0.3 is 5.97 Å². The van der Waals surface area contributed by atoms with Gasteiger partial charge in [-0.05, 0) is 44.4 Å². The summed E-state index contributed by atoms with van der Waals surface area (Å²) in [5.74, 6) is 0.363. The Bertz CT molecular complexity index is 240. The summed E-state index contributed by atoms with van der Waals surface area (Å²) >= 11 is 0. The molecule has 0 aliphatic heterocycles. The summed E-state index contributed by atoms with van der Waals surface area (Å²) in [5, 5.41) is 8.84. The van der Waals surface area contributed by atoms with Gasteiger partial charge in [0.25, 0.3) is 0 Å². The molecule has 3 nitrogen and oxygen atoms in total. The molecule has 0 spiro atoms.